The number of aromatic nitrogens is 5. The fraction of sp³-hybridized carbons (Fsp3) is 0.468. The van der Waals surface area contributed by atoms with Crippen LogP contribution in [-0.2, 0) is 5.54 Å². The Morgan fingerprint density at radius 2 is 1.63 bits per heavy atom. The molecule has 0 radical (unpaired) electrons. The van der Waals surface area contributed by atoms with Crippen LogP contribution in [0.25, 0.3) is 5.00 Å². The monoisotopic (exact) mass is 839 g/mol. The molecule has 1 N–H and O–H groups in total. The van der Waals surface area contributed by atoms with E-state index in [0.29, 0.717) is 33.4 Å². The summed E-state index contributed by atoms with van der Waals surface area (Å²) in [5, 5.41) is 31.9. The second-order valence-electron chi connectivity index (χ2n) is 17.8. The Morgan fingerprint density at radius 3 is 2.30 bits per heavy atom. The van der Waals surface area contributed by atoms with Crippen LogP contribution in [0.4, 0.5) is 5.82 Å². The van der Waals surface area contributed by atoms with Crippen molar-refractivity contribution in [2.75, 3.05) is 18.0 Å². The minimum absolute atomic E-state index is 0.0427. The minimum Gasteiger partial charge on any atom is -0.490 e. The zero-order chi connectivity index (χ0) is 41.2. The molecule has 2 spiro atoms. The molecule has 13 heteroatoms. The molecule has 1 amide bonds. The van der Waals surface area contributed by atoms with Crippen LogP contribution in [0.1, 0.15) is 138 Å². The maximum absolute atomic E-state index is 13.1. The molecule has 5 aliphatic rings. The number of nitriles is 1. The van der Waals surface area contributed by atoms with E-state index in [1.54, 1.807) is 18.2 Å². The van der Waals surface area contributed by atoms with Gasteiger partial charge in [0.2, 0.25) is 0 Å². The average molecular weight is 840 g/mol. The normalized spacial score (nSPS) is 21.7. The number of carbonyl (C=O) groups is 1. The number of aliphatic imine (C=N–C) groups is 1. The van der Waals surface area contributed by atoms with Crippen LogP contribution in [0, 0.1) is 37.5 Å². The Kier molecular flexibility index (Phi) is 10.0. The van der Waals surface area contributed by atoms with Gasteiger partial charge in [0, 0.05) is 41.2 Å². The van der Waals surface area contributed by atoms with Crippen molar-refractivity contribution in [3.8, 4) is 16.8 Å². The molecule has 0 unspecified atom stereocenters. The zero-order valence-corrected chi connectivity index (χ0v) is 36.1. The second kappa shape index (κ2) is 15.4. The predicted molar refractivity (Wildman–Crippen MR) is 234 cm³/mol. The van der Waals surface area contributed by atoms with Crippen molar-refractivity contribution < 1.29 is 9.53 Å². The molecule has 3 aliphatic carbocycles. The topological polar surface area (TPSA) is 134 Å². The van der Waals surface area contributed by atoms with Gasteiger partial charge in [0.15, 0.2) is 17.3 Å². The summed E-state index contributed by atoms with van der Waals surface area (Å²) in [6.07, 6.45) is 12.6. The van der Waals surface area contributed by atoms with Gasteiger partial charge in [0.1, 0.15) is 28.2 Å². The number of carbonyl (C=O) groups excluding carboxylic acids is 1. The highest BCUT2D eigenvalue weighted by Crippen LogP contribution is 2.53. The maximum Gasteiger partial charge on any atom is 0.272 e. The van der Waals surface area contributed by atoms with Gasteiger partial charge in [0.25, 0.3) is 5.91 Å². The Labute approximate surface area is 360 Å². The molecule has 2 aromatic carbocycles. The molecule has 60 heavy (non-hydrogen) atoms. The number of piperidine rings is 1. The van der Waals surface area contributed by atoms with E-state index in [1.165, 1.54) is 57.8 Å². The predicted octanol–water partition coefficient (Wildman–Crippen LogP) is 9.47. The van der Waals surface area contributed by atoms with Gasteiger partial charge in [-0.2, -0.15) is 5.26 Å². The zero-order valence-electron chi connectivity index (χ0n) is 34.5. The van der Waals surface area contributed by atoms with E-state index < -0.39 is 0 Å². The summed E-state index contributed by atoms with van der Waals surface area (Å²) in [5.41, 5.74) is 7.18. The first kappa shape index (κ1) is 39.0. The number of thiophene rings is 1. The number of aryl methyl sites for hydroxylation is 2. The fourth-order valence-electron chi connectivity index (χ4n) is 10.2. The third-order valence-corrected chi connectivity index (χ3v) is 15.7. The minimum atomic E-state index is -0.265. The summed E-state index contributed by atoms with van der Waals surface area (Å²) < 4.78 is 8.39. The van der Waals surface area contributed by atoms with E-state index in [9.17, 15) is 4.79 Å². The molecule has 10 rings (SSSR count). The van der Waals surface area contributed by atoms with Gasteiger partial charge in [-0.1, -0.05) is 35.9 Å². The number of anilines is 1. The standard InChI is InChI=1S/C47H50ClN9O2S/c1-28-29(2)60-44-41(28)42(51-47(20-21-47)45-55-52-30(3)57(44)45)33-6-4-31(5-7-33)32-16-18-46(19-17-32)22-24-56(25-23-46)40-15-14-39(53-54-40)43(58)50-35-9-12-36(13-10-35)59-37-11-8-34(27-49)38(48)26-37/h4-8,11,14-15,26,32,35-36H,9-10,12-13,16-25H2,1-3H3,(H,50,58). The number of ether oxygens (including phenoxy) is 1. The number of fused-ring (bicyclic) bond motifs is 4. The average Bonchev–Trinajstić information content (AvgIpc) is 3.88. The van der Waals surface area contributed by atoms with Gasteiger partial charge in [-0.25, -0.2) is 0 Å². The maximum atomic E-state index is 13.1. The molecule has 11 nitrogen and oxygen atoms in total. The van der Waals surface area contributed by atoms with Crippen LogP contribution in [0.2, 0.25) is 5.02 Å². The van der Waals surface area contributed by atoms with Crippen LogP contribution in [0.5, 0.6) is 5.75 Å². The van der Waals surface area contributed by atoms with Gasteiger partial charge >= 0.3 is 0 Å². The molecule has 3 aromatic heterocycles. The van der Waals surface area contributed by atoms with E-state index in [-0.39, 0.29) is 23.6 Å². The molecule has 5 heterocycles. The van der Waals surface area contributed by atoms with Crippen molar-refractivity contribution in [1.29, 1.82) is 5.26 Å². The summed E-state index contributed by atoms with van der Waals surface area (Å²) >= 11 is 8.00. The molecule has 0 atom stereocenters. The molecule has 3 saturated carbocycles. The smallest absolute Gasteiger partial charge is 0.272 e. The number of benzene rings is 2. The number of nitrogens with one attached hydrogen (secondary N) is 1. The van der Waals surface area contributed by atoms with E-state index >= 15 is 0 Å². The first-order chi connectivity index (χ1) is 29.1. The lowest BCUT2D eigenvalue weighted by Crippen LogP contribution is -2.42. The van der Waals surface area contributed by atoms with Crippen molar-refractivity contribution in [3.63, 3.8) is 0 Å². The number of rotatable bonds is 7. The van der Waals surface area contributed by atoms with Crippen LogP contribution in [-0.4, -0.2) is 61.8 Å². The van der Waals surface area contributed by atoms with E-state index in [0.717, 1.165) is 87.6 Å². The lowest BCUT2D eigenvalue weighted by Gasteiger charge is -2.46. The van der Waals surface area contributed by atoms with Crippen LogP contribution >= 0.6 is 22.9 Å². The Hall–Kier alpha value is -5.12. The Balaban J connectivity index is 0.711. The molecule has 0 bridgehead atoms. The molecular weight excluding hydrogens is 790 g/mol. The first-order valence-electron chi connectivity index (χ1n) is 21.6. The van der Waals surface area contributed by atoms with Crippen molar-refractivity contribution in [3.05, 3.63) is 110 Å². The molecule has 4 fully saturated rings. The van der Waals surface area contributed by atoms with Crippen molar-refractivity contribution in [2.24, 2.45) is 10.4 Å². The fourth-order valence-corrected chi connectivity index (χ4v) is 11.6. The lowest BCUT2D eigenvalue weighted by molar-refractivity contribution is 0.0888. The van der Waals surface area contributed by atoms with Crippen molar-refractivity contribution in [1.82, 2.24) is 30.3 Å². The summed E-state index contributed by atoms with van der Waals surface area (Å²) in [6, 6.07) is 20.4. The van der Waals surface area contributed by atoms with Crippen molar-refractivity contribution in [2.45, 2.75) is 121 Å². The highest BCUT2D eigenvalue weighted by atomic mass is 35.5. The largest absolute Gasteiger partial charge is 0.490 e. The van der Waals surface area contributed by atoms with Crippen LogP contribution in [0.15, 0.2) is 59.6 Å². The highest BCUT2D eigenvalue weighted by Gasteiger charge is 2.51. The Morgan fingerprint density at radius 1 is 0.883 bits per heavy atom. The van der Waals surface area contributed by atoms with E-state index in [1.807, 2.05) is 23.5 Å². The van der Waals surface area contributed by atoms with Gasteiger partial charge in [0.05, 0.1) is 22.4 Å². The van der Waals surface area contributed by atoms with E-state index in [2.05, 4.69) is 86.3 Å². The second-order valence-corrected chi connectivity index (χ2v) is 19.5. The van der Waals surface area contributed by atoms with Gasteiger partial charge in [-0.15, -0.1) is 31.7 Å². The third kappa shape index (κ3) is 7.17. The SMILES string of the molecule is Cc1sc2c(c1C)C(c1ccc(C3CCC4(CC3)CCN(c3ccc(C(=O)NC5CCC(Oc6ccc(C#N)c(Cl)c6)CC5)nn3)CC4)cc1)=NC1(CC1)c1nnc(C)n1-2. The van der Waals surface area contributed by atoms with Crippen molar-refractivity contribution >= 4 is 40.4 Å². The highest BCUT2D eigenvalue weighted by molar-refractivity contribution is 7.15. The molecule has 1 saturated heterocycles. The quantitative estimate of drug-likeness (QED) is 0.171. The van der Waals surface area contributed by atoms with E-state index in [4.69, 9.17) is 26.6 Å². The summed E-state index contributed by atoms with van der Waals surface area (Å²) in [7, 11) is 0. The number of nitrogens with zero attached hydrogens (tertiary/aromatic N) is 8. The molecule has 2 aliphatic heterocycles. The van der Waals surface area contributed by atoms with Gasteiger partial charge < -0.3 is 15.0 Å². The number of hydrogen-bond acceptors (Lipinski definition) is 10. The lowest BCUT2D eigenvalue weighted by atomic mass is 9.64. The van der Waals surface area contributed by atoms with Gasteiger partial charge in [-0.3, -0.25) is 14.4 Å². The summed E-state index contributed by atoms with van der Waals surface area (Å²) in [5.74, 6) is 3.83. The Bertz CT molecular complexity index is 2510. The van der Waals surface area contributed by atoms with Gasteiger partial charge in [-0.05, 0) is 145 Å². The number of halogens is 1. The number of hydrogen-bond donors (Lipinski definition) is 1. The molecular formula is C47H50ClN9O2S. The third-order valence-electron chi connectivity index (χ3n) is 14.2. The van der Waals surface area contributed by atoms with Crippen LogP contribution in [0.3, 0.4) is 0 Å². The summed E-state index contributed by atoms with van der Waals surface area (Å²) in [6.45, 7) is 8.42. The first-order valence-corrected chi connectivity index (χ1v) is 22.8. The van der Waals surface area contributed by atoms with Crippen LogP contribution < -0.4 is 15.0 Å². The molecule has 308 valence electrons. The number of amides is 1. The summed E-state index contributed by atoms with van der Waals surface area (Å²) in [4.78, 5) is 22.3. The molecule has 5 aromatic rings.